The third-order valence-electron chi connectivity index (χ3n) is 2.61. The molecule has 0 aliphatic carbocycles. The van der Waals surface area contributed by atoms with Crippen LogP contribution in [0.3, 0.4) is 0 Å². The van der Waals surface area contributed by atoms with Crippen molar-refractivity contribution in [1.29, 1.82) is 5.26 Å². The highest BCUT2D eigenvalue weighted by molar-refractivity contribution is 7.89. The Bertz CT molecular complexity index is 678. The van der Waals surface area contributed by atoms with Gasteiger partial charge in [-0.15, -0.1) is 0 Å². The Kier molecular flexibility index (Phi) is 6.34. The van der Waals surface area contributed by atoms with Gasteiger partial charge in [-0.05, 0) is 44.5 Å². The zero-order valence-electron chi connectivity index (χ0n) is 12.7. The molecular formula is C14H19N3O4S. The lowest BCUT2D eigenvalue weighted by Gasteiger charge is -2.13. The van der Waals surface area contributed by atoms with Crippen molar-refractivity contribution in [2.45, 2.75) is 31.8 Å². The molecule has 0 heterocycles. The Morgan fingerprint density at radius 3 is 2.64 bits per heavy atom. The molecule has 120 valence electrons. The maximum absolute atomic E-state index is 12.1. The monoisotopic (exact) mass is 325 g/mol. The number of hydrogen-bond acceptors (Lipinski definition) is 5. The second-order valence-electron chi connectivity index (χ2n) is 4.85. The van der Waals surface area contributed by atoms with Crippen molar-refractivity contribution in [1.82, 2.24) is 10.0 Å². The SMILES string of the molecule is Cc1cc(S(=O)(=O)NCC(=O)NCC#N)ccc1OC(C)C. The van der Waals surface area contributed by atoms with Crippen molar-refractivity contribution in [3.8, 4) is 11.8 Å². The van der Waals surface area contributed by atoms with Crippen molar-refractivity contribution in [2.75, 3.05) is 13.1 Å². The molecule has 0 aromatic heterocycles. The average molecular weight is 325 g/mol. The summed E-state index contributed by atoms with van der Waals surface area (Å²) in [5.74, 6) is 0.0438. The van der Waals surface area contributed by atoms with Crippen molar-refractivity contribution in [3.63, 3.8) is 0 Å². The molecule has 22 heavy (non-hydrogen) atoms. The molecule has 0 spiro atoms. The molecule has 0 atom stereocenters. The van der Waals surface area contributed by atoms with Gasteiger partial charge in [-0.3, -0.25) is 4.79 Å². The zero-order chi connectivity index (χ0) is 16.8. The summed E-state index contributed by atoms with van der Waals surface area (Å²) in [6.07, 6.45) is -0.0110. The van der Waals surface area contributed by atoms with Crippen molar-refractivity contribution in [2.24, 2.45) is 0 Å². The molecule has 7 nitrogen and oxygen atoms in total. The van der Waals surface area contributed by atoms with E-state index in [0.29, 0.717) is 11.3 Å². The third-order valence-corrected chi connectivity index (χ3v) is 4.01. The second kappa shape index (κ2) is 7.77. The van der Waals surface area contributed by atoms with Crippen LogP contribution in [-0.2, 0) is 14.8 Å². The number of benzene rings is 1. The highest BCUT2D eigenvalue weighted by Crippen LogP contribution is 2.22. The van der Waals surface area contributed by atoms with E-state index < -0.39 is 22.5 Å². The van der Waals surface area contributed by atoms with Gasteiger partial charge in [0, 0.05) is 0 Å². The standard InChI is InChI=1S/C14H19N3O4S/c1-10(2)21-13-5-4-12(8-11(13)3)22(19,20)17-9-14(18)16-7-6-15/h4-5,8,10,17H,7,9H2,1-3H3,(H,16,18). The van der Waals surface area contributed by atoms with E-state index in [2.05, 4.69) is 10.0 Å². The van der Waals surface area contributed by atoms with Crippen LogP contribution in [0.1, 0.15) is 19.4 Å². The van der Waals surface area contributed by atoms with E-state index in [4.69, 9.17) is 10.00 Å². The summed E-state index contributed by atoms with van der Waals surface area (Å²) in [6.45, 7) is 4.92. The first-order chi connectivity index (χ1) is 10.3. The van der Waals surface area contributed by atoms with Gasteiger partial charge < -0.3 is 10.1 Å². The van der Waals surface area contributed by atoms with E-state index in [0.717, 1.165) is 0 Å². The molecule has 1 aromatic carbocycles. The first-order valence-corrected chi connectivity index (χ1v) is 8.15. The fourth-order valence-corrected chi connectivity index (χ4v) is 2.69. The number of nitriles is 1. The number of aryl methyl sites for hydroxylation is 1. The van der Waals surface area contributed by atoms with Gasteiger partial charge in [-0.2, -0.15) is 5.26 Å². The molecule has 0 aliphatic heterocycles. The van der Waals surface area contributed by atoms with Crippen molar-refractivity contribution >= 4 is 15.9 Å². The van der Waals surface area contributed by atoms with Crippen molar-refractivity contribution < 1.29 is 17.9 Å². The molecule has 0 radical (unpaired) electrons. The summed E-state index contributed by atoms with van der Waals surface area (Å²) >= 11 is 0. The minimum Gasteiger partial charge on any atom is -0.491 e. The Labute approximate surface area is 130 Å². The Morgan fingerprint density at radius 1 is 1.41 bits per heavy atom. The van der Waals surface area contributed by atoms with Gasteiger partial charge in [-0.25, -0.2) is 13.1 Å². The molecule has 0 saturated carbocycles. The maximum atomic E-state index is 12.1. The number of rotatable bonds is 7. The summed E-state index contributed by atoms with van der Waals surface area (Å²) in [5.41, 5.74) is 0.686. The van der Waals surface area contributed by atoms with Gasteiger partial charge in [0.05, 0.1) is 23.6 Å². The van der Waals surface area contributed by atoms with Crippen molar-refractivity contribution in [3.05, 3.63) is 23.8 Å². The second-order valence-corrected chi connectivity index (χ2v) is 6.62. The largest absolute Gasteiger partial charge is 0.491 e. The quantitative estimate of drug-likeness (QED) is 0.717. The zero-order valence-corrected chi connectivity index (χ0v) is 13.5. The predicted octanol–water partition coefficient (Wildman–Crippen LogP) is 0.700. The Hall–Kier alpha value is -2.11. The number of ether oxygens (including phenoxy) is 1. The fourth-order valence-electron chi connectivity index (χ4n) is 1.62. The van der Waals surface area contributed by atoms with Gasteiger partial charge >= 0.3 is 0 Å². The van der Waals surface area contributed by atoms with Crippen LogP contribution in [-0.4, -0.2) is 33.5 Å². The highest BCUT2D eigenvalue weighted by Gasteiger charge is 2.17. The molecule has 0 aliphatic rings. The van der Waals surface area contributed by atoms with E-state index in [1.54, 1.807) is 19.1 Å². The first kappa shape index (κ1) is 17.9. The third kappa shape index (κ3) is 5.35. The lowest BCUT2D eigenvalue weighted by molar-refractivity contribution is -0.119. The number of nitrogens with one attached hydrogen (secondary N) is 2. The molecule has 1 amide bonds. The molecule has 0 fully saturated rings. The van der Waals surface area contributed by atoms with Crippen LogP contribution in [0.4, 0.5) is 0 Å². The van der Waals surface area contributed by atoms with Gasteiger partial charge in [-0.1, -0.05) is 0 Å². The summed E-state index contributed by atoms with van der Waals surface area (Å²) < 4.78 is 31.9. The fraction of sp³-hybridized carbons (Fsp3) is 0.429. The van der Waals surface area contributed by atoms with Gasteiger partial charge in [0.15, 0.2) is 0 Å². The molecule has 8 heteroatoms. The lowest BCUT2D eigenvalue weighted by atomic mass is 10.2. The summed E-state index contributed by atoms with van der Waals surface area (Å²) in [5, 5.41) is 10.6. The molecule has 0 saturated heterocycles. The minimum atomic E-state index is -3.80. The van der Waals surface area contributed by atoms with Crippen LogP contribution in [0.25, 0.3) is 0 Å². The minimum absolute atomic E-state index is 0.0110. The van der Waals surface area contributed by atoms with Crippen LogP contribution in [0.5, 0.6) is 5.75 Å². The molecule has 0 bridgehead atoms. The number of carbonyl (C=O) groups excluding carboxylic acids is 1. The van der Waals surface area contributed by atoms with Gasteiger partial charge in [0.25, 0.3) is 0 Å². The smallest absolute Gasteiger partial charge is 0.241 e. The maximum Gasteiger partial charge on any atom is 0.241 e. The lowest BCUT2D eigenvalue weighted by Crippen LogP contribution is -2.37. The van der Waals surface area contributed by atoms with E-state index in [1.807, 2.05) is 13.8 Å². The van der Waals surface area contributed by atoms with Crippen LogP contribution < -0.4 is 14.8 Å². The molecule has 1 aromatic rings. The first-order valence-electron chi connectivity index (χ1n) is 6.67. The van der Waals surface area contributed by atoms with Crippen LogP contribution in [0.15, 0.2) is 23.1 Å². The highest BCUT2D eigenvalue weighted by atomic mass is 32.2. The Balaban J connectivity index is 2.79. The van der Waals surface area contributed by atoms with E-state index in [1.165, 1.54) is 12.1 Å². The van der Waals surface area contributed by atoms with E-state index in [-0.39, 0.29) is 17.5 Å². The molecular weight excluding hydrogens is 306 g/mol. The summed E-state index contributed by atoms with van der Waals surface area (Å²) in [6, 6.07) is 6.21. The van der Waals surface area contributed by atoms with Gasteiger partial charge in [0.2, 0.25) is 15.9 Å². The normalized spacial score (nSPS) is 11.0. The molecule has 0 unspecified atom stereocenters. The summed E-state index contributed by atoms with van der Waals surface area (Å²) in [7, 11) is -3.80. The predicted molar refractivity (Wildman–Crippen MR) is 80.8 cm³/mol. The number of nitrogens with zero attached hydrogens (tertiary/aromatic N) is 1. The molecule has 2 N–H and O–H groups in total. The van der Waals surface area contributed by atoms with E-state index >= 15 is 0 Å². The number of sulfonamides is 1. The number of hydrogen-bond donors (Lipinski definition) is 2. The van der Waals surface area contributed by atoms with Crippen LogP contribution in [0, 0.1) is 18.3 Å². The number of carbonyl (C=O) groups is 1. The van der Waals surface area contributed by atoms with Gasteiger partial charge in [0.1, 0.15) is 12.3 Å². The van der Waals surface area contributed by atoms with Crippen LogP contribution in [0.2, 0.25) is 0 Å². The molecule has 1 rings (SSSR count). The van der Waals surface area contributed by atoms with Crippen LogP contribution >= 0.6 is 0 Å². The summed E-state index contributed by atoms with van der Waals surface area (Å²) in [4.78, 5) is 11.4. The van der Waals surface area contributed by atoms with E-state index in [9.17, 15) is 13.2 Å². The number of amides is 1. The average Bonchev–Trinajstić information content (AvgIpc) is 2.44. The Morgan fingerprint density at radius 2 is 2.09 bits per heavy atom. The topological polar surface area (TPSA) is 108 Å².